The van der Waals surface area contributed by atoms with E-state index in [1.807, 2.05) is 0 Å². The lowest BCUT2D eigenvalue weighted by atomic mass is 10.2. The van der Waals surface area contributed by atoms with E-state index in [0.717, 1.165) is 0 Å². The largest absolute Gasteiger partial charge is 0.153 e. The topological polar surface area (TPSA) is 0 Å². The van der Waals surface area contributed by atoms with E-state index in [2.05, 4.69) is 117 Å². The normalized spacial score (nSPS) is 10.2. The van der Waals surface area contributed by atoms with E-state index in [0.29, 0.717) is 0 Å². The molecule has 0 aromatic heterocycles. The fraction of sp³-hybridized carbons (Fsp3) is 0.0526. The summed E-state index contributed by atoms with van der Waals surface area (Å²) in [6, 6.07) is 30.2. The van der Waals surface area contributed by atoms with E-state index >= 15 is 0 Å². The Morgan fingerprint density at radius 2 is 1.04 bits per heavy atom. The van der Waals surface area contributed by atoms with Crippen molar-refractivity contribution in [1.29, 1.82) is 0 Å². The van der Waals surface area contributed by atoms with Crippen molar-refractivity contribution in [2.24, 2.45) is 0 Å². The highest BCUT2D eigenvalue weighted by molar-refractivity contribution is 9.24. The molecule has 0 spiro atoms. The Kier molecular flexibility index (Phi) is 9.94. The van der Waals surface area contributed by atoms with Gasteiger partial charge in [-0.2, -0.15) is 9.90 Å². The second-order valence-corrected chi connectivity index (χ2v) is 10.1. The number of hydrogen-bond donors (Lipinski definition) is 0. The van der Waals surface area contributed by atoms with Crippen LogP contribution in [0.3, 0.4) is 0 Å². The van der Waals surface area contributed by atoms with Crippen LogP contribution in [0.25, 0.3) is 0 Å². The number of halogens is 3. The standard InChI is InChI=1S/C19H15Br2P.BrH.H3P/c20-19(21)17-13-7-8-14-18(17)22(15-9-3-1-4-10-15)16-11-5-2-6-12-16;;/h1-14,19H;1H;1H3. The molecule has 3 aromatic rings. The van der Waals surface area contributed by atoms with E-state index in [1.165, 1.54) is 21.5 Å². The Balaban J connectivity index is 0.00000144. The average Bonchev–Trinajstić information content (AvgIpc) is 2.57. The van der Waals surface area contributed by atoms with Gasteiger partial charge in [0.05, 0.1) is 3.74 Å². The molecule has 24 heavy (non-hydrogen) atoms. The van der Waals surface area contributed by atoms with Crippen LogP contribution in [0.1, 0.15) is 9.30 Å². The van der Waals surface area contributed by atoms with Crippen LogP contribution in [-0.2, 0) is 0 Å². The van der Waals surface area contributed by atoms with Crippen LogP contribution in [0.5, 0.6) is 0 Å². The molecule has 0 nitrogen and oxygen atoms in total. The van der Waals surface area contributed by atoms with Gasteiger partial charge >= 0.3 is 0 Å². The van der Waals surface area contributed by atoms with Crippen molar-refractivity contribution in [1.82, 2.24) is 0 Å². The molecule has 0 radical (unpaired) electrons. The molecule has 0 saturated carbocycles. The molecule has 126 valence electrons. The summed E-state index contributed by atoms with van der Waals surface area (Å²) in [7, 11) is -0.559. The smallest absolute Gasteiger partial charge is 0.0952 e. The quantitative estimate of drug-likeness (QED) is 0.283. The number of rotatable bonds is 4. The summed E-state index contributed by atoms with van der Waals surface area (Å²) in [6.07, 6.45) is 0. The summed E-state index contributed by atoms with van der Waals surface area (Å²) in [5, 5.41) is 4.13. The lowest BCUT2D eigenvalue weighted by molar-refractivity contribution is 1.46. The lowest BCUT2D eigenvalue weighted by Crippen LogP contribution is -2.23. The highest BCUT2D eigenvalue weighted by Crippen LogP contribution is 2.38. The van der Waals surface area contributed by atoms with Crippen molar-refractivity contribution in [2.45, 2.75) is 3.74 Å². The van der Waals surface area contributed by atoms with Gasteiger partial charge in [-0.3, -0.25) is 0 Å². The maximum absolute atomic E-state index is 3.67. The second-order valence-electron chi connectivity index (χ2n) is 4.87. The van der Waals surface area contributed by atoms with Gasteiger partial charge in [0.2, 0.25) is 0 Å². The summed E-state index contributed by atoms with van der Waals surface area (Å²) in [6.45, 7) is 0. The highest BCUT2D eigenvalue weighted by Gasteiger charge is 2.20. The fourth-order valence-electron chi connectivity index (χ4n) is 2.46. The van der Waals surface area contributed by atoms with E-state index in [-0.39, 0.29) is 30.6 Å². The first kappa shape index (κ1) is 22.0. The van der Waals surface area contributed by atoms with Gasteiger partial charge in [-0.05, 0) is 29.4 Å². The fourth-order valence-corrected chi connectivity index (χ4v) is 6.10. The van der Waals surface area contributed by atoms with Crippen LogP contribution < -0.4 is 15.9 Å². The second kappa shape index (κ2) is 10.8. The van der Waals surface area contributed by atoms with E-state index in [1.54, 1.807) is 0 Å². The van der Waals surface area contributed by atoms with Crippen LogP contribution in [0.4, 0.5) is 0 Å². The van der Waals surface area contributed by atoms with Crippen molar-refractivity contribution in [3.05, 3.63) is 90.5 Å². The van der Waals surface area contributed by atoms with Gasteiger partial charge in [0.15, 0.2) is 0 Å². The monoisotopic (exact) mass is 546 g/mol. The maximum Gasteiger partial charge on any atom is 0.0952 e. The molecule has 3 rings (SSSR count). The van der Waals surface area contributed by atoms with Crippen LogP contribution >= 0.6 is 66.7 Å². The molecular formula is C19H19Br3P2. The van der Waals surface area contributed by atoms with E-state index < -0.39 is 7.92 Å². The van der Waals surface area contributed by atoms with Gasteiger partial charge in [0.1, 0.15) is 0 Å². The molecule has 5 heteroatoms. The number of hydrogen-bond acceptors (Lipinski definition) is 0. The first-order chi connectivity index (χ1) is 10.8. The van der Waals surface area contributed by atoms with Gasteiger partial charge in [-0.25, -0.2) is 0 Å². The molecule has 0 bridgehead atoms. The van der Waals surface area contributed by atoms with Gasteiger partial charge in [-0.1, -0.05) is 117 Å². The van der Waals surface area contributed by atoms with Gasteiger partial charge in [0, 0.05) is 0 Å². The summed E-state index contributed by atoms with van der Waals surface area (Å²) < 4.78 is 0.161. The third-order valence-corrected chi connectivity index (χ3v) is 6.95. The molecule has 0 fully saturated rings. The molecule has 0 aliphatic carbocycles. The van der Waals surface area contributed by atoms with E-state index in [9.17, 15) is 0 Å². The zero-order valence-electron chi connectivity index (χ0n) is 13.0. The van der Waals surface area contributed by atoms with Crippen LogP contribution in [0.15, 0.2) is 84.9 Å². The molecule has 0 heterocycles. The molecular weight excluding hydrogens is 530 g/mol. The third-order valence-electron chi connectivity index (χ3n) is 3.44. The summed E-state index contributed by atoms with van der Waals surface area (Å²) in [5.41, 5.74) is 1.29. The Morgan fingerprint density at radius 3 is 1.50 bits per heavy atom. The average molecular weight is 549 g/mol. The molecule has 1 atom stereocenters. The van der Waals surface area contributed by atoms with Crippen LogP contribution in [-0.4, -0.2) is 0 Å². The van der Waals surface area contributed by atoms with Crippen LogP contribution in [0.2, 0.25) is 0 Å². The van der Waals surface area contributed by atoms with Crippen molar-refractivity contribution < 1.29 is 0 Å². The number of benzene rings is 3. The molecule has 3 aromatic carbocycles. The molecule has 1 unspecified atom stereocenters. The minimum atomic E-state index is -0.559. The Morgan fingerprint density at radius 1 is 0.625 bits per heavy atom. The summed E-state index contributed by atoms with van der Waals surface area (Å²) in [4.78, 5) is 0. The van der Waals surface area contributed by atoms with E-state index in [4.69, 9.17) is 0 Å². The SMILES string of the molecule is Br.BrC(Br)c1ccccc1P(c1ccccc1)c1ccccc1.P. The van der Waals surface area contributed by atoms with Crippen molar-refractivity contribution in [3.8, 4) is 0 Å². The Hall–Kier alpha value is -0.0400. The minimum absolute atomic E-state index is 0. The molecule has 0 saturated heterocycles. The lowest BCUT2D eigenvalue weighted by Gasteiger charge is -2.22. The van der Waals surface area contributed by atoms with Gasteiger partial charge < -0.3 is 0 Å². The number of alkyl halides is 2. The predicted octanol–water partition coefficient (Wildman–Crippen LogP) is 5.87. The highest BCUT2D eigenvalue weighted by atomic mass is 79.9. The zero-order valence-corrected chi connectivity index (χ0v) is 20.2. The first-order valence-corrected chi connectivity index (χ1v) is 10.2. The van der Waals surface area contributed by atoms with Crippen LogP contribution in [0, 0.1) is 0 Å². The molecule has 0 aliphatic rings. The third kappa shape index (κ3) is 5.23. The predicted molar refractivity (Wildman–Crippen MR) is 127 cm³/mol. The Bertz CT molecular complexity index is 694. The zero-order chi connectivity index (χ0) is 15.4. The maximum atomic E-state index is 3.67. The van der Waals surface area contributed by atoms with Gasteiger partial charge in [-0.15, -0.1) is 17.0 Å². The van der Waals surface area contributed by atoms with Gasteiger partial charge in [0.25, 0.3) is 0 Å². The van der Waals surface area contributed by atoms with Crippen molar-refractivity contribution in [3.63, 3.8) is 0 Å². The summed E-state index contributed by atoms with van der Waals surface area (Å²) in [5.74, 6) is 0. The molecule has 0 N–H and O–H groups in total. The minimum Gasteiger partial charge on any atom is -0.153 e. The Labute approximate surface area is 175 Å². The summed E-state index contributed by atoms with van der Waals surface area (Å²) >= 11 is 7.35. The van der Waals surface area contributed by atoms with Crippen molar-refractivity contribution in [2.75, 3.05) is 0 Å². The van der Waals surface area contributed by atoms with Crippen molar-refractivity contribution >= 4 is 82.6 Å². The molecule has 0 aliphatic heterocycles. The first-order valence-electron chi connectivity index (χ1n) is 7.04. The molecule has 0 amide bonds.